The molecule has 0 unspecified atom stereocenters. The number of hydrogen-bond donors (Lipinski definition) is 1. The molecule has 8 saturated heterocycles. The Kier molecular flexibility index (Phi) is 46.3. The summed E-state index contributed by atoms with van der Waals surface area (Å²) in [6.45, 7) is 132. The Morgan fingerprint density at radius 3 is 0.567 bits per heavy atom. The minimum atomic E-state index is -0.0543. The SMILES string of the molecule is CC(C)(C)CCOC(C)(C)C.CC(C)(C)N1C[C@@H]2C[C@H]1CN2C(C)(C)C.CC(C)(C)N1C[C@H]2C[C@@H]1CN2C(C)(C)C.CC(C)(C)NCCCOC(C)(C)C.CC(C)(C)OCCN1CC2(C1)CN(CCOC(C)(C)C)C2.CC(C)(C)OCCN1CC2(C1)CN(CCOC(C)(C)C)C2.CC(C)(C)OCCOC(C)(C)C.CC(C)(C)OCCOC(C)(C)C. The average Bonchev–Trinajstić information content (AvgIpc) is 0.784. The second-order valence-corrected chi connectivity index (χ2v) is 52.7. The Morgan fingerprint density at radius 2 is 0.408 bits per heavy atom. The van der Waals surface area contributed by atoms with E-state index in [1.807, 2.05) is 83.1 Å². The van der Waals surface area contributed by atoms with Gasteiger partial charge >= 0.3 is 0 Å². The topological polar surface area (TPSA) is 130 Å². The van der Waals surface area contributed by atoms with Gasteiger partial charge in [0.05, 0.1) is 109 Å². The molecule has 8 aliphatic heterocycles. The van der Waals surface area contributed by atoms with E-state index in [0.29, 0.717) is 64.8 Å². The summed E-state index contributed by atoms with van der Waals surface area (Å²) in [7, 11) is 0. The van der Waals surface area contributed by atoms with E-state index in [4.69, 9.17) is 47.4 Å². The number of rotatable bonds is 24. The van der Waals surface area contributed by atoms with Crippen LogP contribution in [0.4, 0.5) is 0 Å². The largest absolute Gasteiger partial charge is 0.376 e. The highest BCUT2D eigenvalue weighted by molar-refractivity contribution is 5.09. The summed E-state index contributed by atoms with van der Waals surface area (Å²) in [5, 5.41) is 3.43. The standard InChI is InChI=1S/2C17H34N2O2.2C13H26N2.C11H25NO.2C10H22O2.C10H22O/c2*1-15(2,3)20-9-7-18-11-17(12-18)13-19(14-17)8-10-21-16(4,5)6;2*1-12(2,3)14-8-11-7-10(14)9-15(11)13(4,5)6;1-10(2,3)12-8-7-9-13-11(4,5)6;2*1-9(2,3)11-7-8-12-10(4,5)6;1-9(2,3)7-8-11-10(4,5)6/h2*7-14H2,1-6H3;2*10-11H,7-9H2,1-6H3;12H,7-9H2,1-6H3;2*7-8H2,1-6H3;7-8H2,1-6H3/t;;2*10-,11-;;;;/m..10..../s1. The van der Waals surface area contributed by atoms with Crippen molar-refractivity contribution in [2.45, 2.75) is 466 Å². The lowest BCUT2D eigenvalue weighted by atomic mass is 9.73. The van der Waals surface area contributed by atoms with Gasteiger partial charge in [-0.15, -0.1) is 0 Å². The van der Waals surface area contributed by atoms with E-state index < -0.39 is 0 Å². The maximum atomic E-state index is 5.79. The summed E-state index contributed by atoms with van der Waals surface area (Å²) in [5.74, 6) is 0. The molecule has 4 bridgehead atoms. The van der Waals surface area contributed by atoms with E-state index in [2.05, 4.69) is 294 Å². The molecule has 0 aromatic carbocycles. The molecule has 1 N–H and O–H groups in total. The highest BCUT2D eigenvalue weighted by Crippen LogP contribution is 2.43. The molecule has 0 aromatic heterocycles. The minimum Gasteiger partial charge on any atom is -0.376 e. The van der Waals surface area contributed by atoms with Crippen LogP contribution in [0.1, 0.15) is 358 Å². The second kappa shape index (κ2) is 47.4. The first kappa shape index (κ1) is 117. The van der Waals surface area contributed by atoms with Gasteiger partial charge in [0, 0.05) is 181 Å². The van der Waals surface area contributed by atoms with Crippen LogP contribution in [0.5, 0.6) is 0 Å². The van der Waals surface area contributed by atoms with Crippen molar-refractivity contribution in [3.63, 3.8) is 0 Å². The van der Waals surface area contributed by atoms with Crippen molar-refractivity contribution >= 4 is 0 Å². The summed E-state index contributed by atoms with van der Waals surface area (Å²) in [4.78, 5) is 20.9. The normalized spacial score (nSPS) is 22.0. The van der Waals surface area contributed by atoms with Gasteiger partial charge in [-0.2, -0.15) is 0 Å². The van der Waals surface area contributed by atoms with Gasteiger partial charge in [0.2, 0.25) is 0 Å². The monoisotopic (exact) mass is 1710 g/mol. The molecule has 0 aliphatic carbocycles. The molecule has 0 radical (unpaired) electrons. The zero-order valence-corrected chi connectivity index (χ0v) is 89.4. The number of fused-ring (bicyclic) bond motifs is 4. The molecule has 19 heteroatoms. The van der Waals surface area contributed by atoms with Crippen LogP contribution in [0.15, 0.2) is 0 Å². The summed E-state index contributed by atoms with van der Waals surface area (Å²) in [6.07, 6.45) is 4.97. The smallest absolute Gasteiger partial charge is 0.0707 e. The maximum absolute atomic E-state index is 5.79. The van der Waals surface area contributed by atoms with Crippen molar-refractivity contribution in [3.05, 3.63) is 0 Å². The van der Waals surface area contributed by atoms with Crippen molar-refractivity contribution in [2.75, 3.05) is 177 Å². The molecule has 120 heavy (non-hydrogen) atoms. The molecular weight excluding hydrogens is 1500 g/mol. The van der Waals surface area contributed by atoms with E-state index in [1.54, 1.807) is 0 Å². The number of hydrogen-bond acceptors (Lipinski definition) is 19. The zero-order chi connectivity index (χ0) is 93.6. The summed E-state index contributed by atoms with van der Waals surface area (Å²) in [6, 6.07) is 3.20. The molecular formula is C101H211N9O10. The number of ether oxygens (including phenoxy) is 10. The van der Waals surface area contributed by atoms with Crippen molar-refractivity contribution in [1.82, 2.24) is 44.5 Å². The minimum absolute atomic E-state index is 0.00172. The lowest BCUT2D eigenvalue weighted by Crippen LogP contribution is -2.72. The van der Waals surface area contributed by atoms with E-state index >= 15 is 0 Å². The molecule has 8 heterocycles. The fourth-order valence-electron chi connectivity index (χ4n) is 16.2. The van der Waals surface area contributed by atoms with Crippen LogP contribution in [0.25, 0.3) is 0 Å². The molecule has 0 saturated carbocycles. The molecule has 19 nitrogen and oxygen atoms in total. The first-order valence-electron chi connectivity index (χ1n) is 47.5. The molecule has 0 amide bonds. The molecule has 8 fully saturated rings. The van der Waals surface area contributed by atoms with Gasteiger partial charge in [-0.1, -0.05) is 20.8 Å². The van der Waals surface area contributed by atoms with E-state index in [1.165, 1.54) is 91.4 Å². The highest BCUT2D eigenvalue weighted by atomic mass is 16.6. The third-order valence-electron chi connectivity index (χ3n) is 21.4. The average molecular weight is 1710 g/mol. The molecule has 8 aliphatic rings. The molecule has 4 atom stereocenters. The summed E-state index contributed by atoms with van der Waals surface area (Å²) < 4.78 is 56.4. The van der Waals surface area contributed by atoms with Crippen LogP contribution in [0, 0.1) is 16.2 Å². The molecule has 720 valence electrons. The number of likely N-dealkylation sites (tertiary alicyclic amines) is 8. The number of nitrogens with zero attached hydrogens (tertiary/aromatic N) is 8. The van der Waals surface area contributed by atoms with Crippen LogP contribution >= 0.6 is 0 Å². The van der Waals surface area contributed by atoms with Crippen molar-refractivity contribution in [1.29, 1.82) is 0 Å². The molecule has 0 aromatic rings. The van der Waals surface area contributed by atoms with Crippen molar-refractivity contribution in [2.24, 2.45) is 16.2 Å². The van der Waals surface area contributed by atoms with E-state index in [-0.39, 0.29) is 61.5 Å². The van der Waals surface area contributed by atoms with Crippen LogP contribution in [0.3, 0.4) is 0 Å². The van der Waals surface area contributed by atoms with Gasteiger partial charge in [-0.3, -0.25) is 39.2 Å². The van der Waals surface area contributed by atoms with Gasteiger partial charge in [0.15, 0.2) is 0 Å². The van der Waals surface area contributed by atoms with Gasteiger partial charge < -0.3 is 52.7 Å². The highest BCUT2D eigenvalue weighted by Gasteiger charge is 2.54. The molecule has 2 spiro atoms. The van der Waals surface area contributed by atoms with E-state index in [0.717, 1.165) is 109 Å². The Bertz CT molecular complexity index is 2380. The van der Waals surface area contributed by atoms with Crippen molar-refractivity contribution in [3.8, 4) is 0 Å². The van der Waals surface area contributed by atoms with Gasteiger partial charge in [-0.05, 0) is 349 Å². The van der Waals surface area contributed by atoms with Crippen LogP contribution in [0.2, 0.25) is 0 Å². The maximum Gasteiger partial charge on any atom is 0.0707 e. The first-order valence-corrected chi connectivity index (χ1v) is 47.5. The fourth-order valence-corrected chi connectivity index (χ4v) is 16.2. The van der Waals surface area contributed by atoms with E-state index in [9.17, 15) is 0 Å². The summed E-state index contributed by atoms with van der Waals surface area (Å²) >= 11 is 0. The fraction of sp³-hybridized carbons (Fsp3) is 1.00. The van der Waals surface area contributed by atoms with Crippen LogP contribution in [-0.2, 0) is 47.4 Å². The third-order valence-corrected chi connectivity index (χ3v) is 21.4. The third kappa shape index (κ3) is 56.6. The van der Waals surface area contributed by atoms with Crippen LogP contribution in [-0.4, -0.2) is 324 Å². The Hall–Kier alpha value is -0.760. The first-order chi connectivity index (χ1) is 53.4. The number of piperazine rings is 2. The number of nitrogens with one attached hydrogen (secondary N) is 1. The zero-order valence-electron chi connectivity index (χ0n) is 89.4. The van der Waals surface area contributed by atoms with Gasteiger partial charge in [-0.25, -0.2) is 0 Å². The predicted octanol–water partition coefficient (Wildman–Crippen LogP) is 20.2. The molecule has 8 rings (SSSR count). The Morgan fingerprint density at radius 1 is 0.233 bits per heavy atom. The lowest BCUT2D eigenvalue weighted by molar-refractivity contribution is -0.133. The predicted molar refractivity (Wildman–Crippen MR) is 514 cm³/mol. The van der Waals surface area contributed by atoms with Gasteiger partial charge in [0.25, 0.3) is 0 Å². The summed E-state index contributed by atoms with van der Waals surface area (Å²) in [5.41, 5.74) is 2.95. The lowest BCUT2D eigenvalue weighted by Gasteiger charge is -2.60. The van der Waals surface area contributed by atoms with Crippen molar-refractivity contribution < 1.29 is 47.4 Å². The Labute approximate surface area is 747 Å². The quantitative estimate of drug-likeness (QED) is 0.0919. The Balaban J connectivity index is 0.000000694. The second-order valence-electron chi connectivity index (χ2n) is 52.7. The van der Waals surface area contributed by atoms with Gasteiger partial charge in [0.1, 0.15) is 0 Å². The van der Waals surface area contributed by atoms with Crippen LogP contribution < -0.4 is 5.32 Å².